The van der Waals surface area contributed by atoms with Crippen LogP contribution in [0.2, 0.25) is 5.02 Å². The summed E-state index contributed by atoms with van der Waals surface area (Å²) in [6, 6.07) is 19.6. The molecule has 1 N–H and O–H groups in total. The molecule has 4 nitrogen and oxygen atoms in total. The third-order valence-electron chi connectivity index (χ3n) is 4.73. The number of benzene rings is 2. The SMILES string of the molecule is CN1CCN(c2ccc(Cl)cc2)c2ccc(-c3cccc(=O)[nH]3)cc2C1. The van der Waals surface area contributed by atoms with Gasteiger partial charge in [-0.3, -0.25) is 4.79 Å². The second-order valence-electron chi connectivity index (χ2n) is 6.64. The zero-order chi connectivity index (χ0) is 18.1. The first kappa shape index (κ1) is 16.9. The Balaban J connectivity index is 1.79. The first-order chi connectivity index (χ1) is 12.6. The number of nitrogens with one attached hydrogen (secondary N) is 1. The van der Waals surface area contributed by atoms with E-state index in [1.165, 1.54) is 17.3 Å². The number of fused-ring (bicyclic) bond motifs is 1. The summed E-state index contributed by atoms with van der Waals surface area (Å²) in [7, 11) is 2.13. The number of likely N-dealkylation sites (N-methyl/N-ethyl adjacent to an activating group) is 1. The third kappa shape index (κ3) is 3.39. The van der Waals surface area contributed by atoms with Crippen molar-refractivity contribution in [2.75, 3.05) is 25.0 Å². The quantitative estimate of drug-likeness (QED) is 0.736. The standard InChI is InChI=1S/C21H20ClN3O/c1-24-11-12-25(18-8-6-17(22)7-9-18)20-10-5-15(13-16(20)14-24)19-3-2-4-21(26)23-19/h2-10,13H,11-12,14H2,1H3,(H,23,26). The lowest BCUT2D eigenvalue weighted by atomic mass is 10.0. The second kappa shape index (κ2) is 6.98. The predicted octanol–water partition coefficient (Wildman–Crippen LogP) is 4.28. The van der Waals surface area contributed by atoms with Crippen LogP contribution in [0.3, 0.4) is 0 Å². The fraction of sp³-hybridized carbons (Fsp3) is 0.190. The van der Waals surface area contributed by atoms with Crippen LogP contribution in [-0.2, 0) is 6.54 Å². The van der Waals surface area contributed by atoms with Gasteiger partial charge in [0.05, 0.1) is 0 Å². The van der Waals surface area contributed by atoms with Gasteiger partial charge in [0.15, 0.2) is 0 Å². The molecule has 5 heteroatoms. The van der Waals surface area contributed by atoms with Crippen molar-refractivity contribution >= 4 is 23.0 Å². The Hall–Kier alpha value is -2.56. The number of nitrogens with zero attached hydrogens (tertiary/aromatic N) is 2. The molecule has 0 radical (unpaired) electrons. The fourth-order valence-corrected chi connectivity index (χ4v) is 3.54. The van der Waals surface area contributed by atoms with Gasteiger partial charge in [0, 0.05) is 47.8 Å². The average Bonchev–Trinajstić information content (AvgIpc) is 2.80. The number of pyridine rings is 1. The van der Waals surface area contributed by atoms with E-state index in [4.69, 9.17) is 11.6 Å². The molecule has 0 fully saturated rings. The van der Waals surface area contributed by atoms with Gasteiger partial charge in [0.1, 0.15) is 0 Å². The van der Waals surface area contributed by atoms with Gasteiger partial charge in [-0.05, 0) is 60.6 Å². The number of rotatable bonds is 2. The van der Waals surface area contributed by atoms with E-state index in [1.54, 1.807) is 6.07 Å². The smallest absolute Gasteiger partial charge is 0.248 e. The third-order valence-corrected chi connectivity index (χ3v) is 4.99. The highest BCUT2D eigenvalue weighted by Crippen LogP contribution is 2.34. The molecule has 2 heterocycles. The van der Waals surface area contributed by atoms with Crippen molar-refractivity contribution in [1.29, 1.82) is 0 Å². The maximum Gasteiger partial charge on any atom is 0.248 e. The Bertz CT molecular complexity index is 981. The van der Waals surface area contributed by atoms with Gasteiger partial charge in [-0.2, -0.15) is 0 Å². The summed E-state index contributed by atoms with van der Waals surface area (Å²) < 4.78 is 0. The van der Waals surface area contributed by atoms with Crippen LogP contribution in [0.15, 0.2) is 65.5 Å². The van der Waals surface area contributed by atoms with Crippen molar-refractivity contribution in [2.24, 2.45) is 0 Å². The zero-order valence-corrected chi connectivity index (χ0v) is 15.3. The highest BCUT2D eigenvalue weighted by molar-refractivity contribution is 6.30. The van der Waals surface area contributed by atoms with Crippen molar-refractivity contribution in [1.82, 2.24) is 9.88 Å². The average molecular weight is 366 g/mol. The van der Waals surface area contributed by atoms with E-state index in [1.807, 2.05) is 18.2 Å². The lowest BCUT2D eigenvalue weighted by Gasteiger charge is -2.25. The maximum absolute atomic E-state index is 11.6. The topological polar surface area (TPSA) is 39.3 Å². The molecule has 0 saturated heterocycles. The number of anilines is 2. The van der Waals surface area contributed by atoms with Gasteiger partial charge in [0.2, 0.25) is 5.56 Å². The van der Waals surface area contributed by atoms with Crippen LogP contribution < -0.4 is 10.5 Å². The highest BCUT2D eigenvalue weighted by atomic mass is 35.5. The summed E-state index contributed by atoms with van der Waals surface area (Å²) in [5.41, 5.74) is 5.34. The lowest BCUT2D eigenvalue weighted by molar-refractivity contribution is 0.343. The molecular formula is C21H20ClN3O. The van der Waals surface area contributed by atoms with Crippen molar-refractivity contribution in [3.63, 3.8) is 0 Å². The summed E-state index contributed by atoms with van der Waals surface area (Å²) in [6.07, 6.45) is 0. The second-order valence-corrected chi connectivity index (χ2v) is 7.07. The minimum atomic E-state index is -0.0858. The van der Waals surface area contributed by atoms with E-state index < -0.39 is 0 Å². The minimum absolute atomic E-state index is 0.0858. The molecule has 132 valence electrons. The molecule has 1 aliphatic rings. The Kier molecular flexibility index (Phi) is 4.53. The maximum atomic E-state index is 11.6. The van der Waals surface area contributed by atoms with Crippen molar-refractivity contribution in [3.8, 4) is 11.3 Å². The number of H-pyrrole nitrogens is 1. The fourth-order valence-electron chi connectivity index (χ4n) is 3.41. The van der Waals surface area contributed by atoms with Gasteiger partial charge in [-0.15, -0.1) is 0 Å². The van der Waals surface area contributed by atoms with Crippen LogP contribution in [-0.4, -0.2) is 30.0 Å². The van der Waals surface area contributed by atoms with E-state index in [-0.39, 0.29) is 5.56 Å². The van der Waals surface area contributed by atoms with E-state index >= 15 is 0 Å². The molecule has 0 bridgehead atoms. The summed E-state index contributed by atoms with van der Waals surface area (Å²) in [5, 5.41) is 0.740. The molecule has 2 aromatic carbocycles. The molecule has 0 aliphatic carbocycles. The number of hydrogen-bond donors (Lipinski definition) is 1. The molecule has 1 aromatic heterocycles. The Morgan fingerprint density at radius 2 is 1.81 bits per heavy atom. The summed E-state index contributed by atoms with van der Waals surface area (Å²) in [6.45, 7) is 2.74. The molecule has 0 amide bonds. The Labute approximate surface area is 157 Å². The molecule has 0 unspecified atom stereocenters. The van der Waals surface area contributed by atoms with Crippen LogP contribution >= 0.6 is 11.6 Å². The molecule has 26 heavy (non-hydrogen) atoms. The highest BCUT2D eigenvalue weighted by Gasteiger charge is 2.20. The summed E-state index contributed by atoms with van der Waals surface area (Å²) in [5.74, 6) is 0. The van der Waals surface area contributed by atoms with Crippen LogP contribution in [0.5, 0.6) is 0 Å². The molecule has 0 spiro atoms. The zero-order valence-electron chi connectivity index (χ0n) is 14.6. The molecule has 0 atom stereocenters. The van der Waals surface area contributed by atoms with Crippen molar-refractivity contribution in [3.05, 3.63) is 81.6 Å². The van der Waals surface area contributed by atoms with Crippen molar-refractivity contribution in [2.45, 2.75) is 6.54 Å². The van der Waals surface area contributed by atoms with Crippen LogP contribution in [0.25, 0.3) is 11.3 Å². The Morgan fingerprint density at radius 1 is 1.00 bits per heavy atom. The molecule has 1 aliphatic heterocycles. The van der Waals surface area contributed by atoms with Gasteiger partial charge in [-0.25, -0.2) is 0 Å². The minimum Gasteiger partial charge on any atom is -0.340 e. The van der Waals surface area contributed by atoms with Crippen LogP contribution in [0.4, 0.5) is 11.4 Å². The van der Waals surface area contributed by atoms with Gasteiger partial charge in [0.25, 0.3) is 0 Å². The molecule has 0 saturated carbocycles. The predicted molar refractivity (Wildman–Crippen MR) is 107 cm³/mol. The van der Waals surface area contributed by atoms with Gasteiger partial charge in [-0.1, -0.05) is 23.7 Å². The monoisotopic (exact) mass is 365 g/mol. The first-order valence-corrected chi connectivity index (χ1v) is 9.02. The van der Waals surface area contributed by atoms with E-state index in [0.717, 1.165) is 41.6 Å². The van der Waals surface area contributed by atoms with E-state index in [0.29, 0.717) is 0 Å². The number of aromatic nitrogens is 1. The van der Waals surface area contributed by atoms with Crippen molar-refractivity contribution < 1.29 is 0 Å². The molecular weight excluding hydrogens is 346 g/mol. The largest absolute Gasteiger partial charge is 0.340 e. The first-order valence-electron chi connectivity index (χ1n) is 8.64. The summed E-state index contributed by atoms with van der Waals surface area (Å²) >= 11 is 6.05. The van der Waals surface area contributed by atoms with Crippen LogP contribution in [0.1, 0.15) is 5.56 Å². The number of halogens is 1. The number of aromatic amines is 1. The molecule has 3 aromatic rings. The lowest BCUT2D eigenvalue weighted by Crippen LogP contribution is -2.26. The van der Waals surface area contributed by atoms with Gasteiger partial charge >= 0.3 is 0 Å². The summed E-state index contributed by atoms with van der Waals surface area (Å²) in [4.78, 5) is 19.2. The number of hydrogen-bond acceptors (Lipinski definition) is 3. The van der Waals surface area contributed by atoms with E-state index in [9.17, 15) is 4.79 Å². The van der Waals surface area contributed by atoms with E-state index in [2.05, 4.69) is 52.2 Å². The van der Waals surface area contributed by atoms with Crippen LogP contribution in [0, 0.1) is 0 Å². The normalized spacial score (nSPS) is 14.8. The molecule has 4 rings (SSSR count). The van der Waals surface area contributed by atoms with Gasteiger partial charge < -0.3 is 14.8 Å². The Morgan fingerprint density at radius 3 is 2.58 bits per heavy atom.